The van der Waals surface area contributed by atoms with Crippen LogP contribution in [-0.2, 0) is 22.4 Å². The lowest BCUT2D eigenvalue weighted by Gasteiger charge is -2.31. The van der Waals surface area contributed by atoms with Gasteiger partial charge in [-0.25, -0.2) is 4.99 Å². The SMILES string of the molecule is COc1ccccc1CCNC(=O)[C@]1(Cc2ccccc2)N=C(c2ccc(OCCCO)cc2)O[C@@H]1c1ccccc1Br. The Balaban J connectivity index is 1.51. The van der Waals surface area contributed by atoms with Gasteiger partial charge in [-0.3, -0.25) is 4.79 Å². The maximum atomic E-state index is 14.4. The number of nitrogens with zero attached hydrogens (tertiary/aromatic N) is 1. The summed E-state index contributed by atoms with van der Waals surface area (Å²) in [5.41, 5.74) is 2.28. The number of halogens is 1. The van der Waals surface area contributed by atoms with Gasteiger partial charge in [0.25, 0.3) is 5.91 Å². The van der Waals surface area contributed by atoms with Crippen LogP contribution in [0.3, 0.4) is 0 Å². The molecule has 7 nitrogen and oxygen atoms in total. The topological polar surface area (TPSA) is 89.4 Å². The van der Waals surface area contributed by atoms with Crippen molar-refractivity contribution in [1.29, 1.82) is 0 Å². The normalized spacial score (nSPS) is 17.6. The largest absolute Gasteiger partial charge is 0.496 e. The number of carbonyl (C=O) groups excluding carboxylic acids is 1. The Morgan fingerprint density at radius 2 is 1.70 bits per heavy atom. The number of amides is 1. The predicted octanol–water partition coefficient (Wildman–Crippen LogP) is 6.08. The van der Waals surface area contributed by atoms with E-state index in [-0.39, 0.29) is 12.5 Å². The molecule has 222 valence electrons. The highest BCUT2D eigenvalue weighted by Gasteiger charge is 2.53. The summed E-state index contributed by atoms with van der Waals surface area (Å²) in [6.07, 6.45) is 0.808. The fraction of sp³-hybridized carbons (Fsp3) is 0.257. The zero-order valence-corrected chi connectivity index (χ0v) is 25.6. The molecular formula is C35H35BrN2O5. The quantitative estimate of drug-likeness (QED) is 0.173. The molecule has 1 aliphatic rings. The van der Waals surface area contributed by atoms with Crippen molar-refractivity contribution in [2.24, 2.45) is 4.99 Å². The summed E-state index contributed by atoms with van der Waals surface area (Å²) in [6.45, 7) is 0.902. The lowest BCUT2D eigenvalue weighted by atomic mass is 9.82. The van der Waals surface area contributed by atoms with Crippen molar-refractivity contribution in [3.63, 3.8) is 0 Å². The molecule has 0 radical (unpaired) electrons. The minimum atomic E-state index is -1.28. The van der Waals surface area contributed by atoms with Crippen LogP contribution in [0.25, 0.3) is 0 Å². The van der Waals surface area contributed by atoms with Crippen molar-refractivity contribution in [2.75, 3.05) is 26.9 Å². The highest BCUT2D eigenvalue weighted by molar-refractivity contribution is 9.10. The van der Waals surface area contributed by atoms with Crippen molar-refractivity contribution in [3.8, 4) is 11.5 Å². The number of aliphatic hydroxyl groups excluding tert-OH is 1. The zero-order valence-electron chi connectivity index (χ0n) is 24.0. The highest BCUT2D eigenvalue weighted by atomic mass is 79.9. The van der Waals surface area contributed by atoms with Crippen molar-refractivity contribution in [3.05, 3.63) is 130 Å². The number of aliphatic hydroxyl groups is 1. The van der Waals surface area contributed by atoms with Crippen LogP contribution in [0.5, 0.6) is 11.5 Å². The van der Waals surface area contributed by atoms with Crippen LogP contribution in [0, 0.1) is 0 Å². The first-order chi connectivity index (χ1) is 21.0. The van der Waals surface area contributed by atoms with Gasteiger partial charge in [-0.05, 0) is 53.9 Å². The average Bonchev–Trinajstić information content (AvgIpc) is 3.42. The van der Waals surface area contributed by atoms with Crippen LogP contribution in [0.15, 0.2) is 113 Å². The third kappa shape index (κ3) is 7.09. The van der Waals surface area contributed by atoms with E-state index in [1.807, 2.05) is 103 Å². The minimum Gasteiger partial charge on any atom is -0.496 e. The van der Waals surface area contributed by atoms with E-state index in [1.54, 1.807) is 7.11 Å². The fourth-order valence-corrected chi connectivity index (χ4v) is 5.72. The molecule has 4 aromatic rings. The molecule has 43 heavy (non-hydrogen) atoms. The summed E-state index contributed by atoms with van der Waals surface area (Å²) in [5.74, 6) is 1.64. The molecule has 1 amide bonds. The molecule has 2 atom stereocenters. The monoisotopic (exact) mass is 642 g/mol. The maximum Gasteiger partial charge on any atom is 0.252 e. The van der Waals surface area contributed by atoms with Crippen LogP contribution in [-0.4, -0.2) is 49.3 Å². The average molecular weight is 644 g/mol. The van der Waals surface area contributed by atoms with Gasteiger partial charge in [0.15, 0.2) is 11.6 Å². The van der Waals surface area contributed by atoms with Crippen LogP contribution >= 0.6 is 15.9 Å². The number of methoxy groups -OCH3 is 1. The summed E-state index contributed by atoms with van der Waals surface area (Å²) >= 11 is 3.70. The van der Waals surface area contributed by atoms with E-state index in [0.717, 1.165) is 32.5 Å². The van der Waals surface area contributed by atoms with Gasteiger partial charge in [-0.2, -0.15) is 0 Å². The molecule has 0 saturated heterocycles. The number of hydrogen-bond acceptors (Lipinski definition) is 6. The van der Waals surface area contributed by atoms with Gasteiger partial charge >= 0.3 is 0 Å². The molecule has 0 aliphatic carbocycles. The highest BCUT2D eigenvalue weighted by Crippen LogP contribution is 2.44. The van der Waals surface area contributed by atoms with E-state index in [0.29, 0.717) is 44.1 Å². The second-order valence-electron chi connectivity index (χ2n) is 10.3. The Morgan fingerprint density at radius 1 is 0.977 bits per heavy atom. The third-order valence-corrected chi connectivity index (χ3v) is 8.13. The van der Waals surface area contributed by atoms with Gasteiger partial charge in [0.05, 0.1) is 13.7 Å². The molecule has 8 heteroatoms. The molecule has 0 saturated carbocycles. The number of ether oxygens (including phenoxy) is 3. The summed E-state index contributed by atoms with van der Waals surface area (Å²) in [5, 5.41) is 12.2. The molecule has 0 fully saturated rings. The summed E-state index contributed by atoms with van der Waals surface area (Å²) in [4.78, 5) is 19.5. The first-order valence-corrected chi connectivity index (χ1v) is 15.1. The van der Waals surface area contributed by atoms with Crippen molar-refractivity contribution in [1.82, 2.24) is 5.32 Å². The smallest absolute Gasteiger partial charge is 0.252 e. The van der Waals surface area contributed by atoms with E-state index in [9.17, 15) is 4.79 Å². The molecule has 0 spiro atoms. The molecule has 0 bridgehead atoms. The second-order valence-corrected chi connectivity index (χ2v) is 11.1. The van der Waals surface area contributed by atoms with Crippen molar-refractivity contribution < 1.29 is 24.1 Å². The third-order valence-electron chi connectivity index (χ3n) is 7.41. The van der Waals surface area contributed by atoms with E-state index in [2.05, 4.69) is 21.2 Å². The van der Waals surface area contributed by atoms with Crippen LogP contribution in [0.2, 0.25) is 0 Å². The van der Waals surface area contributed by atoms with E-state index in [4.69, 9.17) is 24.3 Å². The van der Waals surface area contributed by atoms with Gasteiger partial charge in [-0.15, -0.1) is 0 Å². The second kappa shape index (κ2) is 14.4. The Morgan fingerprint density at radius 3 is 2.44 bits per heavy atom. The fourth-order valence-electron chi connectivity index (χ4n) is 5.23. The standard InChI is InChI=1S/C35H35BrN2O5/c1-41-31-15-8-5-12-26(31)20-21-37-34(40)35(24-25-10-3-2-4-11-25)32(29-13-6-7-14-30(29)36)43-33(38-35)27-16-18-28(19-17-27)42-23-9-22-39/h2-8,10-19,32,39H,9,20-24H2,1H3,(H,37,40)/t32-,35-/m1/s1. The van der Waals surface area contributed by atoms with Crippen LogP contribution in [0.1, 0.15) is 34.8 Å². The lowest BCUT2D eigenvalue weighted by molar-refractivity contribution is -0.128. The Hall–Kier alpha value is -4.14. The summed E-state index contributed by atoms with van der Waals surface area (Å²) < 4.78 is 18.7. The Kier molecular flexibility index (Phi) is 10.1. The Bertz CT molecular complexity index is 1540. The van der Waals surface area contributed by atoms with Gasteiger partial charge in [0.2, 0.25) is 5.90 Å². The lowest BCUT2D eigenvalue weighted by Crippen LogP contribution is -2.50. The molecule has 4 aromatic carbocycles. The number of nitrogens with one attached hydrogen (secondary N) is 1. The van der Waals surface area contributed by atoms with Gasteiger partial charge in [-0.1, -0.05) is 82.7 Å². The molecule has 5 rings (SSSR count). The number of benzene rings is 4. The van der Waals surface area contributed by atoms with Gasteiger partial charge < -0.3 is 24.6 Å². The van der Waals surface area contributed by atoms with E-state index >= 15 is 0 Å². The number of aliphatic imine (C=N–C) groups is 1. The summed E-state index contributed by atoms with van der Waals surface area (Å²) in [7, 11) is 1.65. The van der Waals surface area contributed by atoms with Crippen molar-refractivity contribution >= 4 is 27.7 Å². The minimum absolute atomic E-state index is 0.0730. The Labute approximate surface area is 260 Å². The molecular weight excluding hydrogens is 608 g/mol. The van der Waals surface area contributed by atoms with Crippen LogP contribution < -0.4 is 14.8 Å². The zero-order chi connectivity index (χ0) is 30.1. The number of rotatable bonds is 13. The van der Waals surface area contributed by atoms with Gasteiger partial charge in [0.1, 0.15) is 11.5 Å². The molecule has 1 heterocycles. The molecule has 2 N–H and O–H groups in total. The molecule has 0 aromatic heterocycles. The van der Waals surface area contributed by atoms with E-state index in [1.165, 1.54) is 0 Å². The van der Waals surface area contributed by atoms with Crippen LogP contribution in [0.4, 0.5) is 0 Å². The van der Waals surface area contributed by atoms with E-state index < -0.39 is 11.6 Å². The first kappa shape index (κ1) is 30.3. The van der Waals surface area contributed by atoms with Crippen molar-refractivity contribution in [2.45, 2.75) is 30.9 Å². The summed E-state index contributed by atoms with van der Waals surface area (Å²) in [6, 6.07) is 32.9. The number of carbonyl (C=O) groups is 1. The molecule has 0 unspecified atom stereocenters. The number of para-hydroxylation sites is 1. The number of hydrogen-bond donors (Lipinski definition) is 2. The molecule has 1 aliphatic heterocycles. The first-order valence-electron chi connectivity index (χ1n) is 14.3. The van der Waals surface area contributed by atoms with Gasteiger partial charge in [0, 0.05) is 41.6 Å². The predicted molar refractivity (Wildman–Crippen MR) is 171 cm³/mol. The maximum absolute atomic E-state index is 14.4.